The molecule has 0 aromatic carbocycles. The summed E-state index contributed by atoms with van der Waals surface area (Å²) in [5.74, 6) is -0.670. The van der Waals surface area contributed by atoms with Crippen LogP contribution in [0.4, 0.5) is 5.69 Å². The fourth-order valence-electron chi connectivity index (χ4n) is 1.85. The predicted molar refractivity (Wildman–Crippen MR) is 84.5 cm³/mol. The van der Waals surface area contributed by atoms with Crippen LogP contribution >= 0.6 is 15.9 Å². The highest BCUT2D eigenvalue weighted by molar-refractivity contribution is 9.10. The molecule has 0 bridgehead atoms. The van der Waals surface area contributed by atoms with E-state index < -0.39 is 5.54 Å². The molecule has 0 aliphatic carbocycles. The molecule has 8 nitrogen and oxygen atoms in total. The average Bonchev–Trinajstić information content (AvgIpc) is 3.04. The minimum atomic E-state index is -0.929. The van der Waals surface area contributed by atoms with Gasteiger partial charge in [-0.1, -0.05) is 0 Å². The molecule has 2 aromatic heterocycles. The zero-order valence-electron chi connectivity index (χ0n) is 12.7. The third kappa shape index (κ3) is 3.03. The Morgan fingerprint density at radius 3 is 2.55 bits per heavy atom. The molecular weight excluding hydrogens is 352 g/mol. The molecule has 0 aliphatic heterocycles. The molecule has 2 amide bonds. The van der Waals surface area contributed by atoms with Gasteiger partial charge in [0.05, 0.1) is 16.4 Å². The number of carbonyl (C=O) groups excluding carboxylic acids is 2. The first-order valence-corrected chi connectivity index (χ1v) is 7.33. The third-order valence-corrected chi connectivity index (χ3v) is 3.61. The van der Waals surface area contributed by atoms with Crippen molar-refractivity contribution < 1.29 is 9.59 Å². The number of anilines is 1. The van der Waals surface area contributed by atoms with Gasteiger partial charge in [0.2, 0.25) is 0 Å². The zero-order valence-corrected chi connectivity index (χ0v) is 14.3. The molecule has 0 saturated heterocycles. The summed E-state index contributed by atoms with van der Waals surface area (Å²) < 4.78 is 3.79. The number of amides is 2. The van der Waals surface area contributed by atoms with Gasteiger partial charge in [-0.25, -0.2) is 0 Å². The lowest BCUT2D eigenvalue weighted by atomic mass is 10.0. The second-order valence-corrected chi connectivity index (χ2v) is 6.18. The number of hydrogen-bond donors (Lipinski definition) is 2. The molecule has 0 atom stereocenters. The van der Waals surface area contributed by atoms with Crippen molar-refractivity contribution in [3.63, 3.8) is 0 Å². The van der Waals surface area contributed by atoms with E-state index in [1.807, 2.05) is 0 Å². The molecule has 2 N–H and O–H groups in total. The summed E-state index contributed by atoms with van der Waals surface area (Å²) in [5.41, 5.74) is -0.413. The largest absolute Gasteiger partial charge is 0.354 e. The number of rotatable bonds is 4. The van der Waals surface area contributed by atoms with E-state index in [0.29, 0.717) is 5.69 Å². The van der Waals surface area contributed by atoms with E-state index in [4.69, 9.17) is 0 Å². The average molecular weight is 369 g/mol. The molecule has 0 saturated carbocycles. The normalized spacial score (nSPS) is 11.3. The van der Waals surface area contributed by atoms with Crippen LogP contribution < -0.4 is 10.6 Å². The lowest BCUT2D eigenvalue weighted by Crippen LogP contribution is -2.41. The quantitative estimate of drug-likeness (QED) is 0.845. The first-order chi connectivity index (χ1) is 10.3. The molecule has 0 spiro atoms. The van der Waals surface area contributed by atoms with E-state index in [1.165, 1.54) is 11.7 Å². The SMILES string of the molecule is CNC(=O)c1nn(C)cc1NC(=O)C(C)(C)n1cc(Br)cn1. The summed E-state index contributed by atoms with van der Waals surface area (Å²) in [6.07, 6.45) is 4.90. The van der Waals surface area contributed by atoms with Crippen molar-refractivity contribution in [1.82, 2.24) is 24.9 Å². The fourth-order valence-corrected chi connectivity index (χ4v) is 2.14. The van der Waals surface area contributed by atoms with Crippen molar-refractivity contribution in [1.29, 1.82) is 0 Å². The molecule has 2 heterocycles. The zero-order chi connectivity index (χ0) is 16.5. The van der Waals surface area contributed by atoms with Gasteiger partial charge >= 0.3 is 0 Å². The van der Waals surface area contributed by atoms with Crippen LogP contribution in [-0.4, -0.2) is 38.4 Å². The minimum Gasteiger partial charge on any atom is -0.354 e. The molecule has 22 heavy (non-hydrogen) atoms. The first-order valence-electron chi connectivity index (χ1n) is 6.53. The fraction of sp³-hybridized carbons (Fsp3) is 0.385. The maximum atomic E-state index is 12.6. The van der Waals surface area contributed by atoms with Gasteiger partial charge in [-0.3, -0.25) is 19.0 Å². The summed E-state index contributed by atoms with van der Waals surface area (Å²) in [4.78, 5) is 24.4. The van der Waals surface area contributed by atoms with Crippen LogP contribution in [0.2, 0.25) is 0 Å². The number of carbonyl (C=O) groups is 2. The van der Waals surface area contributed by atoms with Gasteiger partial charge in [-0.15, -0.1) is 0 Å². The van der Waals surface area contributed by atoms with Crippen LogP contribution in [0, 0.1) is 0 Å². The van der Waals surface area contributed by atoms with Gasteiger partial charge in [0.15, 0.2) is 5.69 Å². The Kier molecular flexibility index (Phi) is 4.36. The van der Waals surface area contributed by atoms with Crippen LogP contribution in [0.3, 0.4) is 0 Å². The van der Waals surface area contributed by atoms with Gasteiger partial charge in [-0.2, -0.15) is 10.2 Å². The molecule has 0 radical (unpaired) electrons. The van der Waals surface area contributed by atoms with E-state index in [0.717, 1.165) is 4.47 Å². The van der Waals surface area contributed by atoms with E-state index in [2.05, 4.69) is 36.8 Å². The number of halogens is 1. The van der Waals surface area contributed by atoms with Gasteiger partial charge in [0, 0.05) is 26.5 Å². The molecule has 0 unspecified atom stereocenters. The van der Waals surface area contributed by atoms with Gasteiger partial charge < -0.3 is 10.6 Å². The molecule has 2 aromatic rings. The van der Waals surface area contributed by atoms with Gasteiger partial charge in [-0.05, 0) is 29.8 Å². The Bertz CT molecular complexity index is 718. The summed E-state index contributed by atoms with van der Waals surface area (Å²) in [6.45, 7) is 3.47. The van der Waals surface area contributed by atoms with Gasteiger partial charge in [0.25, 0.3) is 11.8 Å². The van der Waals surface area contributed by atoms with Crippen molar-refractivity contribution in [2.45, 2.75) is 19.4 Å². The summed E-state index contributed by atoms with van der Waals surface area (Å²) in [7, 11) is 3.19. The van der Waals surface area contributed by atoms with Crippen molar-refractivity contribution in [3.05, 3.63) is 28.8 Å². The van der Waals surface area contributed by atoms with Crippen molar-refractivity contribution in [2.24, 2.45) is 7.05 Å². The Morgan fingerprint density at radius 2 is 2.00 bits per heavy atom. The highest BCUT2D eigenvalue weighted by atomic mass is 79.9. The van der Waals surface area contributed by atoms with Crippen molar-refractivity contribution in [3.8, 4) is 0 Å². The smallest absolute Gasteiger partial charge is 0.273 e. The maximum absolute atomic E-state index is 12.6. The lowest BCUT2D eigenvalue weighted by molar-refractivity contribution is -0.123. The minimum absolute atomic E-state index is 0.163. The van der Waals surface area contributed by atoms with Crippen LogP contribution in [-0.2, 0) is 17.4 Å². The standard InChI is InChI=1S/C13H17BrN6O2/c1-13(2,20-6-8(14)5-16-20)12(22)17-9-7-19(4)18-10(9)11(21)15-3/h5-7H,1-4H3,(H,15,21)(H,17,22). The lowest BCUT2D eigenvalue weighted by Gasteiger charge is -2.24. The van der Waals surface area contributed by atoms with Crippen LogP contribution in [0.1, 0.15) is 24.3 Å². The summed E-state index contributed by atoms with van der Waals surface area (Å²) >= 11 is 3.30. The van der Waals surface area contributed by atoms with Crippen molar-refractivity contribution >= 4 is 33.4 Å². The highest BCUT2D eigenvalue weighted by Crippen LogP contribution is 2.21. The van der Waals surface area contributed by atoms with Gasteiger partial charge in [0.1, 0.15) is 5.54 Å². The van der Waals surface area contributed by atoms with Crippen LogP contribution in [0.5, 0.6) is 0 Å². The molecule has 2 rings (SSSR count). The maximum Gasteiger partial charge on any atom is 0.273 e. The van der Waals surface area contributed by atoms with E-state index in [9.17, 15) is 9.59 Å². The summed E-state index contributed by atoms with van der Waals surface area (Å²) in [6, 6.07) is 0. The Balaban J connectivity index is 2.27. The Morgan fingerprint density at radius 1 is 1.32 bits per heavy atom. The predicted octanol–water partition coefficient (Wildman–Crippen LogP) is 1.11. The van der Waals surface area contributed by atoms with E-state index in [-0.39, 0.29) is 17.5 Å². The number of aryl methyl sites for hydroxylation is 1. The first kappa shape index (κ1) is 16.2. The monoisotopic (exact) mass is 368 g/mol. The number of hydrogen-bond acceptors (Lipinski definition) is 4. The molecule has 0 aliphatic rings. The number of aromatic nitrogens is 4. The third-order valence-electron chi connectivity index (χ3n) is 3.20. The second-order valence-electron chi connectivity index (χ2n) is 5.26. The topological polar surface area (TPSA) is 93.8 Å². The highest BCUT2D eigenvalue weighted by Gasteiger charge is 2.32. The number of nitrogens with zero attached hydrogens (tertiary/aromatic N) is 4. The second kappa shape index (κ2) is 5.91. The molecule has 118 valence electrons. The van der Waals surface area contributed by atoms with Crippen LogP contribution in [0.15, 0.2) is 23.1 Å². The molecule has 0 fully saturated rings. The van der Waals surface area contributed by atoms with E-state index >= 15 is 0 Å². The molecule has 9 heteroatoms. The Hall–Kier alpha value is -2.16. The Labute approximate surface area is 136 Å². The molecular formula is C13H17BrN6O2. The van der Waals surface area contributed by atoms with E-state index in [1.54, 1.807) is 44.2 Å². The summed E-state index contributed by atoms with van der Waals surface area (Å²) in [5, 5.41) is 13.4. The van der Waals surface area contributed by atoms with Crippen LogP contribution in [0.25, 0.3) is 0 Å². The number of nitrogens with one attached hydrogen (secondary N) is 2. The van der Waals surface area contributed by atoms with Crippen molar-refractivity contribution in [2.75, 3.05) is 12.4 Å².